The van der Waals surface area contributed by atoms with Gasteiger partial charge in [0.05, 0.1) is 0 Å². The van der Waals surface area contributed by atoms with E-state index in [0.717, 1.165) is 48.7 Å². The second-order valence-electron chi connectivity index (χ2n) is 7.63. The lowest BCUT2D eigenvalue weighted by Gasteiger charge is -2.31. The molecule has 1 saturated heterocycles. The van der Waals surface area contributed by atoms with Gasteiger partial charge in [0.1, 0.15) is 0 Å². The van der Waals surface area contributed by atoms with Crippen LogP contribution in [0.15, 0.2) is 77.9 Å². The van der Waals surface area contributed by atoms with Crippen molar-refractivity contribution < 1.29 is 10.2 Å². The van der Waals surface area contributed by atoms with Crippen molar-refractivity contribution in [3.63, 3.8) is 0 Å². The smallest absolute Gasteiger partial charge is 0.358 e. The largest absolute Gasteiger partial charge is 0.621 e. The molecule has 0 bridgehead atoms. The van der Waals surface area contributed by atoms with Crippen LogP contribution in [-0.4, -0.2) is 32.1 Å². The topological polar surface area (TPSA) is 94.7 Å². The lowest BCUT2D eigenvalue weighted by Crippen LogP contribution is -3.14. The quantitative estimate of drug-likeness (QED) is 0.481. The molecule has 31 heavy (non-hydrogen) atoms. The second kappa shape index (κ2) is 8.46. The maximum atomic E-state index is 13.1. The summed E-state index contributed by atoms with van der Waals surface area (Å²) in [6.45, 7) is 3.87. The molecule has 2 aliphatic rings. The Morgan fingerprint density at radius 3 is 2.32 bits per heavy atom. The van der Waals surface area contributed by atoms with E-state index in [-0.39, 0.29) is 11.0 Å². The molecule has 3 aromatic carbocycles. The van der Waals surface area contributed by atoms with E-state index in [9.17, 15) is 10.4 Å². The van der Waals surface area contributed by atoms with Crippen LogP contribution >= 0.6 is 0 Å². The number of nitrogens with one attached hydrogen (secondary N) is 4. The summed E-state index contributed by atoms with van der Waals surface area (Å²) in [5, 5.41) is 35.4. The van der Waals surface area contributed by atoms with Gasteiger partial charge in [0.25, 0.3) is 0 Å². The van der Waals surface area contributed by atoms with Gasteiger partial charge in [-0.05, 0) is 41.5 Å². The number of fused-ring (bicyclic) bond motifs is 1. The number of piperazine rings is 1. The van der Waals surface area contributed by atoms with Gasteiger partial charge in [0.2, 0.25) is 11.4 Å². The average Bonchev–Trinajstić information content (AvgIpc) is 2.83. The molecular weight excluding hydrogens is 392 g/mol. The molecule has 2 atom stereocenters. The van der Waals surface area contributed by atoms with Gasteiger partial charge in [-0.2, -0.15) is 5.17 Å². The first-order valence-electron chi connectivity index (χ1n) is 10.4. The normalized spacial score (nSPS) is 20.7. The number of hydrogen-bond donors (Lipinski definition) is 4. The zero-order chi connectivity index (χ0) is 21.2. The maximum Gasteiger partial charge on any atom is 0.358 e. The van der Waals surface area contributed by atoms with Gasteiger partial charge in [-0.15, -0.1) is 0 Å². The average molecular weight is 416 g/mol. The van der Waals surface area contributed by atoms with E-state index in [1.54, 1.807) is 12.1 Å². The summed E-state index contributed by atoms with van der Waals surface area (Å²) in [6.07, 6.45) is 0. The third kappa shape index (κ3) is 4.02. The molecule has 4 N–H and O–H groups in total. The minimum absolute atomic E-state index is 0.0534. The lowest BCUT2D eigenvalue weighted by atomic mass is 10.0. The summed E-state index contributed by atoms with van der Waals surface area (Å²) < 4.78 is 0. The van der Waals surface area contributed by atoms with Crippen molar-refractivity contribution in [3.8, 4) is 11.1 Å². The summed E-state index contributed by atoms with van der Waals surface area (Å²) in [7, 11) is 0. The highest BCUT2D eigenvalue weighted by Crippen LogP contribution is 2.26. The number of nitrogens with zero attached hydrogens (tertiary/aromatic N) is 2. The van der Waals surface area contributed by atoms with E-state index in [1.807, 2.05) is 60.7 Å². The van der Waals surface area contributed by atoms with Crippen molar-refractivity contribution in [2.75, 3.05) is 36.4 Å². The number of rotatable bonds is 3. The molecule has 1 fully saturated rings. The molecule has 158 valence electrons. The van der Waals surface area contributed by atoms with Crippen molar-refractivity contribution >= 4 is 28.7 Å². The monoisotopic (exact) mass is 416 g/mol. The second-order valence-corrected chi connectivity index (χ2v) is 7.63. The highest BCUT2D eigenvalue weighted by atomic mass is 16.5. The van der Waals surface area contributed by atoms with Gasteiger partial charge in [-0.1, -0.05) is 30.3 Å². The fraction of sp³-hybridized carbons (Fsp3) is 0.174. The molecule has 2 unspecified atom stereocenters. The molecule has 5 rings (SSSR count). The Bertz CT molecular complexity index is 1080. The van der Waals surface area contributed by atoms with Crippen LogP contribution in [0.4, 0.5) is 22.7 Å². The number of quaternary nitrogens is 2. The number of guanidine groups is 1. The standard InChI is InChI=1S/C23H24N6O2/c30-28-22-16-18(17-4-2-1-3-5-17)6-11-21(22)29(31)26-23(28)25-19-7-9-20(10-8-19)27-14-12-24-13-15-27/h1-11,16,24,28-29H,12-15H2,(H,25,26). The highest BCUT2D eigenvalue weighted by molar-refractivity contribution is 5.90. The summed E-state index contributed by atoms with van der Waals surface area (Å²) in [5.74, 6) is 0.0534. The van der Waals surface area contributed by atoms with Gasteiger partial charge < -0.3 is 20.6 Å². The van der Waals surface area contributed by atoms with Crippen LogP contribution in [-0.2, 0) is 0 Å². The molecule has 2 aliphatic heterocycles. The molecule has 2 heterocycles. The minimum atomic E-state index is -0.408. The number of anilines is 2. The number of hydroxylamine groups is 1. The van der Waals surface area contributed by atoms with Crippen molar-refractivity contribution in [3.05, 3.63) is 83.2 Å². The third-order valence-electron chi connectivity index (χ3n) is 5.64. The summed E-state index contributed by atoms with van der Waals surface area (Å²) >= 11 is 0. The number of hydrogen-bond acceptors (Lipinski definition) is 6. The molecular formula is C23H24N6O2. The van der Waals surface area contributed by atoms with E-state index >= 15 is 0 Å². The van der Waals surface area contributed by atoms with Gasteiger partial charge in [-0.3, -0.25) is 10.4 Å². The lowest BCUT2D eigenvalue weighted by molar-refractivity contribution is -0.812. The van der Waals surface area contributed by atoms with Gasteiger partial charge in [0, 0.05) is 54.8 Å². The Kier molecular flexibility index (Phi) is 5.37. The number of benzene rings is 3. The molecule has 8 nitrogen and oxygen atoms in total. The summed E-state index contributed by atoms with van der Waals surface area (Å²) in [5.41, 5.74) is 4.46. The Hall–Kier alpha value is -3.27. The van der Waals surface area contributed by atoms with Crippen LogP contribution in [0.2, 0.25) is 0 Å². The van der Waals surface area contributed by atoms with E-state index in [1.165, 1.54) is 0 Å². The Labute approximate surface area is 180 Å². The molecule has 0 saturated carbocycles. The molecule has 3 aromatic rings. The predicted octanol–water partition coefficient (Wildman–Crippen LogP) is 1.19. The van der Waals surface area contributed by atoms with Crippen LogP contribution in [0.1, 0.15) is 0 Å². The van der Waals surface area contributed by atoms with Crippen molar-refractivity contribution in [1.82, 2.24) is 5.32 Å². The summed E-state index contributed by atoms with van der Waals surface area (Å²) in [4.78, 5) is 2.31. The predicted molar refractivity (Wildman–Crippen MR) is 122 cm³/mol. The molecule has 0 aromatic heterocycles. The Balaban J connectivity index is 1.37. The zero-order valence-corrected chi connectivity index (χ0v) is 17.0. The highest BCUT2D eigenvalue weighted by Gasteiger charge is 2.28. The fourth-order valence-corrected chi connectivity index (χ4v) is 3.97. The molecule has 0 radical (unpaired) electrons. The van der Waals surface area contributed by atoms with Gasteiger partial charge in [0.15, 0.2) is 0 Å². The summed E-state index contributed by atoms with van der Waals surface area (Å²) in [6, 6.07) is 22.9. The van der Waals surface area contributed by atoms with Gasteiger partial charge in [-0.25, -0.2) is 0 Å². The SMILES string of the molecule is [O-][NH+]1N=C(Nc2ccc(N3CCNCC3)cc2)[NH+]([O-])c2cc(-c3ccccc3)ccc21. The van der Waals surface area contributed by atoms with Gasteiger partial charge >= 0.3 is 5.96 Å². The fourth-order valence-electron chi connectivity index (χ4n) is 3.97. The van der Waals surface area contributed by atoms with Crippen molar-refractivity contribution in [2.45, 2.75) is 0 Å². The maximum absolute atomic E-state index is 13.1. The third-order valence-corrected chi connectivity index (χ3v) is 5.64. The van der Waals surface area contributed by atoms with E-state index in [0.29, 0.717) is 11.4 Å². The van der Waals surface area contributed by atoms with Crippen LogP contribution < -0.4 is 25.8 Å². The Morgan fingerprint density at radius 1 is 0.839 bits per heavy atom. The van der Waals surface area contributed by atoms with Crippen LogP contribution in [0.5, 0.6) is 0 Å². The van der Waals surface area contributed by atoms with Crippen molar-refractivity contribution in [2.24, 2.45) is 5.10 Å². The molecule has 0 spiro atoms. The zero-order valence-electron chi connectivity index (χ0n) is 17.0. The molecule has 0 aliphatic carbocycles. The molecule has 0 amide bonds. The van der Waals surface area contributed by atoms with E-state index < -0.39 is 5.17 Å². The minimum Gasteiger partial charge on any atom is -0.621 e. The first-order valence-corrected chi connectivity index (χ1v) is 10.4. The van der Waals surface area contributed by atoms with Crippen LogP contribution in [0.25, 0.3) is 11.1 Å². The van der Waals surface area contributed by atoms with Crippen LogP contribution in [0.3, 0.4) is 0 Å². The first kappa shape index (κ1) is 19.7. The molecule has 8 heteroatoms. The first-order chi connectivity index (χ1) is 15.2. The Morgan fingerprint density at radius 2 is 1.58 bits per heavy atom. The van der Waals surface area contributed by atoms with Crippen molar-refractivity contribution in [1.29, 1.82) is 0 Å². The van der Waals surface area contributed by atoms with Crippen LogP contribution in [0, 0.1) is 10.4 Å². The van der Waals surface area contributed by atoms with E-state index in [4.69, 9.17) is 0 Å². The van der Waals surface area contributed by atoms with E-state index in [2.05, 4.69) is 20.6 Å².